The van der Waals surface area contributed by atoms with Crippen LogP contribution in [0.15, 0.2) is 18.2 Å². The predicted molar refractivity (Wildman–Crippen MR) is 64.3 cm³/mol. The van der Waals surface area contributed by atoms with Crippen LogP contribution in [0.4, 0.5) is 0 Å². The van der Waals surface area contributed by atoms with Gasteiger partial charge in [0.15, 0.2) is 0 Å². The average molecular weight is 309 g/mol. The molecule has 1 aromatic carbocycles. The zero-order chi connectivity index (χ0) is 8.72. The first-order chi connectivity index (χ1) is 5.68. The number of fused-ring (bicyclic) bond motifs is 1. The highest BCUT2D eigenvalue weighted by Crippen LogP contribution is 2.33. The molecule has 1 heterocycles. The van der Waals surface area contributed by atoms with Crippen LogP contribution in [0, 0.1) is 10.5 Å². The van der Waals surface area contributed by atoms with E-state index in [0.717, 1.165) is 5.02 Å². The zero-order valence-corrected chi connectivity index (χ0v) is 10.1. The molecule has 12 heavy (non-hydrogen) atoms. The highest BCUT2D eigenvalue weighted by molar-refractivity contribution is 14.1. The third-order valence-electron chi connectivity index (χ3n) is 1.70. The summed E-state index contributed by atoms with van der Waals surface area (Å²) in [5.74, 6) is 0. The maximum atomic E-state index is 6.00. The number of benzene rings is 1. The molecule has 0 aliphatic heterocycles. The number of aryl methyl sites for hydroxylation is 1. The minimum absolute atomic E-state index is 0.852. The molecule has 0 radical (unpaired) electrons. The van der Waals surface area contributed by atoms with Gasteiger partial charge >= 0.3 is 0 Å². The van der Waals surface area contributed by atoms with Crippen molar-refractivity contribution in [3.8, 4) is 0 Å². The predicted octanol–water partition coefficient (Wildman–Crippen LogP) is 4.47. The van der Waals surface area contributed by atoms with E-state index < -0.39 is 0 Å². The van der Waals surface area contributed by atoms with Crippen LogP contribution in [0.1, 0.15) is 4.88 Å². The van der Waals surface area contributed by atoms with Crippen molar-refractivity contribution < 1.29 is 0 Å². The van der Waals surface area contributed by atoms with Gasteiger partial charge in [0.05, 0.1) is 5.02 Å². The van der Waals surface area contributed by atoms with Gasteiger partial charge in [0.1, 0.15) is 0 Å². The fraction of sp³-hybridized carbons (Fsp3) is 0.111. The Hall–Kier alpha value is 0.200. The van der Waals surface area contributed by atoms with Gasteiger partial charge in [-0.25, -0.2) is 0 Å². The standard InChI is InChI=1S/C9H6ClIS/c1-5-4-6-2-3-7(10)8(11)9(6)12-5/h2-4H,1H3. The largest absolute Gasteiger partial charge is 0.139 e. The van der Waals surface area contributed by atoms with Crippen molar-refractivity contribution in [3.63, 3.8) is 0 Å². The van der Waals surface area contributed by atoms with Crippen LogP contribution < -0.4 is 0 Å². The Bertz CT molecular complexity index is 433. The van der Waals surface area contributed by atoms with Crippen molar-refractivity contribution in [3.05, 3.63) is 31.7 Å². The van der Waals surface area contributed by atoms with Crippen molar-refractivity contribution >= 4 is 55.6 Å². The second-order valence-electron chi connectivity index (χ2n) is 2.64. The van der Waals surface area contributed by atoms with E-state index in [0.29, 0.717) is 0 Å². The van der Waals surface area contributed by atoms with E-state index in [2.05, 4.69) is 41.6 Å². The molecule has 1 aromatic heterocycles. The number of halogens is 2. The van der Waals surface area contributed by atoms with Gasteiger partial charge < -0.3 is 0 Å². The fourth-order valence-electron chi connectivity index (χ4n) is 1.17. The molecule has 62 valence electrons. The van der Waals surface area contributed by atoms with Gasteiger partial charge in [0.25, 0.3) is 0 Å². The van der Waals surface area contributed by atoms with Crippen molar-refractivity contribution in [2.75, 3.05) is 0 Å². The Morgan fingerprint density at radius 1 is 1.42 bits per heavy atom. The molecular weight excluding hydrogens is 303 g/mol. The smallest absolute Gasteiger partial charge is 0.0554 e. The minimum Gasteiger partial charge on any atom is -0.139 e. The van der Waals surface area contributed by atoms with Crippen LogP contribution in [-0.4, -0.2) is 0 Å². The highest BCUT2D eigenvalue weighted by atomic mass is 127. The molecule has 0 spiro atoms. The SMILES string of the molecule is Cc1cc2ccc(Cl)c(I)c2s1. The Labute approximate surface area is 93.7 Å². The molecule has 0 saturated heterocycles. The Balaban J connectivity index is 2.89. The van der Waals surface area contributed by atoms with Crippen molar-refractivity contribution in [1.82, 2.24) is 0 Å². The number of hydrogen-bond donors (Lipinski definition) is 0. The first-order valence-electron chi connectivity index (χ1n) is 3.52. The second kappa shape index (κ2) is 3.16. The van der Waals surface area contributed by atoms with E-state index in [4.69, 9.17) is 11.6 Å². The molecule has 0 aliphatic rings. The summed E-state index contributed by atoms with van der Waals surface area (Å²) >= 11 is 10.1. The maximum absolute atomic E-state index is 6.00. The summed E-state index contributed by atoms with van der Waals surface area (Å²) in [5.41, 5.74) is 0. The van der Waals surface area contributed by atoms with Gasteiger partial charge in [0, 0.05) is 13.1 Å². The zero-order valence-electron chi connectivity index (χ0n) is 6.40. The lowest BCUT2D eigenvalue weighted by molar-refractivity contribution is 1.65. The van der Waals surface area contributed by atoms with E-state index >= 15 is 0 Å². The molecule has 0 amide bonds. The van der Waals surface area contributed by atoms with Crippen LogP contribution in [-0.2, 0) is 0 Å². The molecule has 0 atom stereocenters. The summed E-state index contributed by atoms with van der Waals surface area (Å²) in [7, 11) is 0. The Morgan fingerprint density at radius 2 is 2.17 bits per heavy atom. The van der Waals surface area contributed by atoms with Crippen molar-refractivity contribution in [1.29, 1.82) is 0 Å². The van der Waals surface area contributed by atoms with Gasteiger partial charge in [0.2, 0.25) is 0 Å². The normalized spacial score (nSPS) is 10.9. The van der Waals surface area contributed by atoms with E-state index in [1.807, 2.05) is 6.07 Å². The van der Waals surface area contributed by atoms with Crippen LogP contribution in [0.25, 0.3) is 10.1 Å². The van der Waals surface area contributed by atoms with Gasteiger partial charge in [-0.2, -0.15) is 0 Å². The average Bonchev–Trinajstić information content (AvgIpc) is 2.39. The van der Waals surface area contributed by atoms with Gasteiger partial charge in [-0.05, 0) is 47.0 Å². The lowest BCUT2D eigenvalue weighted by atomic mass is 10.2. The quantitative estimate of drug-likeness (QED) is 0.630. The monoisotopic (exact) mass is 308 g/mol. The molecule has 0 aliphatic carbocycles. The van der Waals surface area contributed by atoms with Crippen LogP contribution in [0.3, 0.4) is 0 Å². The Morgan fingerprint density at radius 3 is 2.92 bits per heavy atom. The van der Waals surface area contributed by atoms with Crippen molar-refractivity contribution in [2.45, 2.75) is 6.92 Å². The topological polar surface area (TPSA) is 0 Å². The summed E-state index contributed by atoms with van der Waals surface area (Å²) in [6.45, 7) is 2.12. The summed E-state index contributed by atoms with van der Waals surface area (Å²) in [4.78, 5) is 1.34. The van der Waals surface area contributed by atoms with Crippen molar-refractivity contribution in [2.24, 2.45) is 0 Å². The first kappa shape index (κ1) is 8.78. The third-order valence-corrected chi connectivity index (χ3v) is 4.91. The van der Waals surface area contributed by atoms with E-state index in [9.17, 15) is 0 Å². The molecule has 2 aromatic rings. The van der Waals surface area contributed by atoms with Gasteiger partial charge in [-0.15, -0.1) is 11.3 Å². The van der Waals surface area contributed by atoms with Crippen LogP contribution in [0.2, 0.25) is 5.02 Å². The molecule has 3 heteroatoms. The van der Waals surface area contributed by atoms with E-state index in [1.54, 1.807) is 11.3 Å². The first-order valence-corrected chi connectivity index (χ1v) is 5.80. The van der Waals surface area contributed by atoms with Gasteiger partial charge in [-0.3, -0.25) is 0 Å². The Kier molecular flexibility index (Phi) is 2.31. The molecule has 0 saturated carbocycles. The van der Waals surface area contributed by atoms with Gasteiger partial charge in [-0.1, -0.05) is 17.7 Å². The van der Waals surface area contributed by atoms with Crippen LogP contribution >= 0.6 is 45.5 Å². The molecular formula is C9H6ClIS. The lowest BCUT2D eigenvalue weighted by Gasteiger charge is -1.95. The second-order valence-corrected chi connectivity index (χ2v) is 5.38. The summed E-state index contributed by atoms with van der Waals surface area (Å²) < 4.78 is 2.48. The molecule has 0 bridgehead atoms. The molecule has 2 rings (SSSR count). The maximum Gasteiger partial charge on any atom is 0.0554 e. The number of rotatable bonds is 0. The summed E-state index contributed by atoms with van der Waals surface area (Å²) in [6.07, 6.45) is 0. The highest BCUT2D eigenvalue weighted by Gasteiger charge is 2.05. The van der Waals surface area contributed by atoms with E-state index in [-0.39, 0.29) is 0 Å². The third kappa shape index (κ3) is 1.36. The summed E-state index contributed by atoms with van der Waals surface area (Å²) in [5, 5.41) is 2.15. The molecule has 0 unspecified atom stereocenters. The summed E-state index contributed by atoms with van der Waals surface area (Å²) in [6, 6.07) is 6.22. The van der Waals surface area contributed by atoms with E-state index in [1.165, 1.54) is 18.5 Å². The fourth-order valence-corrected chi connectivity index (χ4v) is 3.16. The number of thiophene rings is 1. The molecule has 0 nitrogen and oxygen atoms in total. The van der Waals surface area contributed by atoms with Crippen LogP contribution in [0.5, 0.6) is 0 Å². The minimum atomic E-state index is 0.852. The lowest BCUT2D eigenvalue weighted by Crippen LogP contribution is -1.72. The molecule has 0 fully saturated rings. The molecule has 0 N–H and O–H groups in total. The number of hydrogen-bond acceptors (Lipinski definition) is 1.